The van der Waals surface area contributed by atoms with E-state index in [2.05, 4.69) is 9.97 Å². The standard InChI is InChI=1S/C24H25N5O5S/c1-24(2,3)28-20-12-16(10-11-19(20)27-23(28)25)17-13-21(22(33-4)26-14-17)35(31,32)29(34-15-30)18-8-6-5-7-9-18/h5-15H,1-4H3,(H2,25,27). The molecule has 0 saturated heterocycles. The molecule has 10 nitrogen and oxygen atoms in total. The number of sulfonamides is 1. The van der Waals surface area contributed by atoms with E-state index in [0.717, 1.165) is 5.52 Å². The Labute approximate surface area is 202 Å². The minimum atomic E-state index is -4.40. The summed E-state index contributed by atoms with van der Waals surface area (Å²) in [5.74, 6) is 0.236. The maximum Gasteiger partial charge on any atom is 0.322 e. The molecule has 0 aliphatic rings. The lowest BCUT2D eigenvalue weighted by Crippen LogP contribution is -2.31. The zero-order valence-electron chi connectivity index (χ0n) is 19.7. The molecule has 0 bridgehead atoms. The third kappa shape index (κ3) is 4.37. The summed E-state index contributed by atoms with van der Waals surface area (Å²) in [7, 11) is -3.09. The Balaban J connectivity index is 1.88. The zero-order chi connectivity index (χ0) is 25.4. The van der Waals surface area contributed by atoms with Crippen molar-refractivity contribution in [2.45, 2.75) is 31.2 Å². The van der Waals surface area contributed by atoms with Crippen molar-refractivity contribution in [2.75, 3.05) is 17.3 Å². The molecule has 0 aliphatic carbocycles. The van der Waals surface area contributed by atoms with E-state index in [1.807, 2.05) is 37.5 Å². The van der Waals surface area contributed by atoms with Crippen molar-refractivity contribution in [3.63, 3.8) is 0 Å². The number of carbonyl (C=O) groups excluding carboxylic acids is 1. The van der Waals surface area contributed by atoms with Crippen LogP contribution < -0.4 is 14.9 Å². The van der Waals surface area contributed by atoms with Gasteiger partial charge < -0.3 is 19.9 Å². The second-order valence-electron chi connectivity index (χ2n) is 8.68. The highest BCUT2D eigenvalue weighted by molar-refractivity contribution is 7.92. The lowest BCUT2D eigenvalue weighted by atomic mass is 10.1. The number of anilines is 2. The number of rotatable bonds is 7. The Bertz CT molecular complexity index is 1490. The second-order valence-corrected chi connectivity index (χ2v) is 10.4. The molecule has 182 valence electrons. The van der Waals surface area contributed by atoms with Crippen molar-refractivity contribution in [3.05, 3.63) is 60.8 Å². The fraction of sp³-hybridized carbons (Fsp3) is 0.208. The average Bonchev–Trinajstić information content (AvgIpc) is 3.17. The first kappa shape index (κ1) is 24.0. The molecule has 0 unspecified atom stereocenters. The molecular weight excluding hydrogens is 470 g/mol. The monoisotopic (exact) mass is 495 g/mol. The number of pyridine rings is 1. The number of fused-ring (bicyclic) bond motifs is 1. The lowest BCUT2D eigenvalue weighted by molar-refractivity contribution is -0.128. The summed E-state index contributed by atoms with van der Waals surface area (Å²) in [6.07, 6.45) is 1.51. The SMILES string of the molecule is COc1ncc(-c2ccc3nc(N)n(C(C)(C)C)c3c2)cc1S(=O)(=O)N(OC=O)c1ccccc1. The van der Waals surface area contributed by atoms with E-state index >= 15 is 0 Å². The second kappa shape index (κ2) is 8.91. The van der Waals surface area contributed by atoms with Crippen LogP contribution in [0.25, 0.3) is 22.2 Å². The Morgan fingerprint density at radius 3 is 2.40 bits per heavy atom. The molecule has 0 fully saturated rings. The summed E-state index contributed by atoms with van der Waals surface area (Å²) in [5, 5.41) is 0. The van der Waals surface area contributed by atoms with Gasteiger partial charge in [-0.3, -0.25) is 4.79 Å². The first-order valence-electron chi connectivity index (χ1n) is 10.6. The molecule has 0 saturated carbocycles. The summed E-state index contributed by atoms with van der Waals surface area (Å²) in [6.45, 7) is 6.09. The van der Waals surface area contributed by atoms with Gasteiger partial charge in [0.1, 0.15) is 0 Å². The molecule has 35 heavy (non-hydrogen) atoms. The fourth-order valence-electron chi connectivity index (χ4n) is 3.84. The average molecular weight is 496 g/mol. The van der Waals surface area contributed by atoms with Gasteiger partial charge in [0.2, 0.25) is 11.8 Å². The number of methoxy groups -OCH3 is 1. The van der Waals surface area contributed by atoms with Crippen LogP contribution in [0.15, 0.2) is 65.7 Å². The maximum absolute atomic E-state index is 13.6. The molecule has 2 N–H and O–H groups in total. The minimum Gasteiger partial charge on any atom is -0.480 e. The Hall–Kier alpha value is -4.12. The Morgan fingerprint density at radius 2 is 1.77 bits per heavy atom. The van der Waals surface area contributed by atoms with E-state index in [1.54, 1.807) is 24.3 Å². The number of nitrogens with two attached hydrogens (primary N) is 1. The molecule has 11 heteroatoms. The van der Waals surface area contributed by atoms with Gasteiger partial charge in [0.25, 0.3) is 0 Å². The summed E-state index contributed by atoms with van der Waals surface area (Å²) < 4.78 is 34.8. The van der Waals surface area contributed by atoms with E-state index in [-0.39, 0.29) is 28.5 Å². The van der Waals surface area contributed by atoms with Gasteiger partial charge in [0.15, 0.2) is 4.90 Å². The van der Waals surface area contributed by atoms with Crippen LogP contribution in [0.3, 0.4) is 0 Å². The highest BCUT2D eigenvalue weighted by atomic mass is 32.2. The largest absolute Gasteiger partial charge is 0.480 e. The van der Waals surface area contributed by atoms with Crippen LogP contribution in [0.1, 0.15) is 20.8 Å². The lowest BCUT2D eigenvalue weighted by Gasteiger charge is -2.23. The van der Waals surface area contributed by atoms with Crippen LogP contribution in [-0.2, 0) is 25.2 Å². The van der Waals surface area contributed by atoms with Crippen LogP contribution in [0.2, 0.25) is 0 Å². The highest BCUT2D eigenvalue weighted by Crippen LogP contribution is 2.34. The zero-order valence-corrected chi connectivity index (χ0v) is 20.5. The predicted octanol–water partition coefficient (Wildman–Crippen LogP) is 3.73. The van der Waals surface area contributed by atoms with E-state index in [4.69, 9.17) is 15.3 Å². The number of nitrogens with zero attached hydrogens (tertiary/aromatic N) is 4. The third-order valence-electron chi connectivity index (χ3n) is 5.30. The first-order valence-corrected chi connectivity index (χ1v) is 12.1. The van der Waals surface area contributed by atoms with Gasteiger partial charge in [-0.2, -0.15) is 8.42 Å². The highest BCUT2D eigenvalue weighted by Gasteiger charge is 2.32. The van der Waals surface area contributed by atoms with E-state index in [0.29, 0.717) is 27.1 Å². The van der Waals surface area contributed by atoms with Gasteiger partial charge >= 0.3 is 16.5 Å². The Morgan fingerprint density at radius 1 is 1.06 bits per heavy atom. The molecule has 2 heterocycles. The smallest absolute Gasteiger partial charge is 0.322 e. The normalized spacial score (nSPS) is 11.9. The van der Waals surface area contributed by atoms with E-state index in [1.165, 1.54) is 31.5 Å². The van der Waals surface area contributed by atoms with Crippen LogP contribution >= 0.6 is 0 Å². The van der Waals surface area contributed by atoms with Gasteiger partial charge in [0.05, 0.1) is 23.8 Å². The molecule has 2 aromatic carbocycles. The molecule has 0 radical (unpaired) electrons. The number of imidazole rings is 1. The number of para-hydroxylation sites is 1. The van der Waals surface area contributed by atoms with Crippen molar-refractivity contribution in [2.24, 2.45) is 0 Å². The number of hydrogen-bond acceptors (Lipinski definition) is 8. The van der Waals surface area contributed by atoms with E-state index < -0.39 is 10.0 Å². The number of ether oxygens (including phenoxy) is 1. The molecule has 4 rings (SSSR count). The quantitative estimate of drug-likeness (QED) is 0.303. The number of aromatic nitrogens is 3. The van der Waals surface area contributed by atoms with Crippen molar-refractivity contribution >= 4 is 39.2 Å². The van der Waals surface area contributed by atoms with Crippen molar-refractivity contribution in [1.29, 1.82) is 0 Å². The summed E-state index contributed by atoms with van der Waals surface area (Å²) in [4.78, 5) is 24.4. The first-order chi connectivity index (χ1) is 16.6. The van der Waals surface area contributed by atoms with Gasteiger partial charge in [-0.25, -0.2) is 9.97 Å². The minimum absolute atomic E-state index is 0.0420. The summed E-state index contributed by atoms with van der Waals surface area (Å²) in [5.41, 5.74) is 8.67. The molecule has 0 atom stereocenters. The van der Waals surface area contributed by atoms with Crippen molar-refractivity contribution in [3.8, 4) is 17.0 Å². The molecule has 0 aliphatic heterocycles. The summed E-state index contributed by atoms with van der Waals surface area (Å²) in [6, 6.07) is 14.9. The number of benzene rings is 2. The Kier molecular flexibility index (Phi) is 6.12. The topological polar surface area (TPSA) is 130 Å². The van der Waals surface area contributed by atoms with Crippen LogP contribution in [0, 0.1) is 0 Å². The van der Waals surface area contributed by atoms with Crippen molar-refractivity contribution < 1.29 is 22.8 Å². The molecule has 0 amide bonds. The molecule has 4 aromatic rings. The van der Waals surface area contributed by atoms with Gasteiger partial charge in [-0.1, -0.05) is 28.7 Å². The van der Waals surface area contributed by atoms with Gasteiger partial charge in [-0.05, 0) is 56.7 Å². The maximum atomic E-state index is 13.6. The number of nitrogen functional groups attached to an aromatic ring is 1. The molecular formula is C24H25N5O5S. The summed E-state index contributed by atoms with van der Waals surface area (Å²) >= 11 is 0. The number of carbonyl (C=O) groups is 1. The fourth-order valence-corrected chi connectivity index (χ4v) is 5.20. The van der Waals surface area contributed by atoms with Gasteiger partial charge in [-0.15, -0.1) is 0 Å². The number of hydrogen-bond donors (Lipinski definition) is 1. The molecule has 2 aromatic heterocycles. The van der Waals surface area contributed by atoms with Crippen LogP contribution in [0.4, 0.5) is 11.6 Å². The molecule has 0 spiro atoms. The van der Waals surface area contributed by atoms with Gasteiger partial charge in [0, 0.05) is 17.3 Å². The van der Waals surface area contributed by atoms with Crippen LogP contribution in [0.5, 0.6) is 5.88 Å². The third-order valence-corrected chi connectivity index (χ3v) is 6.88. The van der Waals surface area contributed by atoms with Crippen LogP contribution in [-0.4, -0.2) is 36.5 Å². The predicted molar refractivity (Wildman–Crippen MR) is 132 cm³/mol. The van der Waals surface area contributed by atoms with E-state index in [9.17, 15) is 13.2 Å². The van der Waals surface area contributed by atoms with Crippen molar-refractivity contribution in [1.82, 2.24) is 14.5 Å².